The molecule has 0 atom stereocenters. The molecule has 0 aliphatic carbocycles. The lowest BCUT2D eigenvalue weighted by Crippen LogP contribution is -2.20. The van der Waals surface area contributed by atoms with Gasteiger partial charge in [-0.2, -0.15) is 0 Å². The first-order valence-electron chi connectivity index (χ1n) is 8.50. The average molecular weight is 415 g/mol. The van der Waals surface area contributed by atoms with Crippen LogP contribution < -0.4 is 10.1 Å². The molecule has 0 fully saturated rings. The van der Waals surface area contributed by atoms with Crippen molar-refractivity contribution < 1.29 is 9.53 Å². The van der Waals surface area contributed by atoms with Crippen molar-refractivity contribution in [2.24, 2.45) is 0 Å². The van der Waals surface area contributed by atoms with Gasteiger partial charge in [-0.25, -0.2) is 0 Å². The van der Waals surface area contributed by atoms with Crippen LogP contribution in [0.3, 0.4) is 0 Å². The summed E-state index contributed by atoms with van der Waals surface area (Å²) in [6.07, 6.45) is 3.35. The summed E-state index contributed by atoms with van der Waals surface area (Å²) in [6, 6.07) is 7.82. The summed E-state index contributed by atoms with van der Waals surface area (Å²) in [7, 11) is 0. The molecule has 0 aliphatic heterocycles. The summed E-state index contributed by atoms with van der Waals surface area (Å²) in [6.45, 7) is 5.52. The second kappa shape index (κ2) is 9.50. The molecule has 6 heteroatoms. The zero-order valence-corrected chi connectivity index (χ0v) is 17.4. The van der Waals surface area contributed by atoms with Crippen molar-refractivity contribution in [2.75, 3.05) is 11.9 Å². The maximum atomic E-state index is 12.2. The smallest absolute Gasteiger partial charge is 0.262 e. The third-order valence-corrected chi connectivity index (χ3v) is 5.60. The van der Waals surface area contributed by atoms with Crippen LogP contribution in [0.25, 0.3) is 0 Å². The van der Waals surface area contributed by atoms with Crippen LogP contribution in [0.15, 0.2) is 24.3 Å². The van der Waals surface area contributed by atoms with Gasteiger partial charge < -0.3 is 10.1 Å². The predicted octanol–water partition coefficient (Wildman–Crippen LogP) is 6.62. The van der Waals surface area contributed by atoms with Crippen LogP contribution in [0, 0.1) is 13.8 Å². The SMILES string of the molecule is CCCCc1ccc(NC(=O)COc2c(Cl)c(C)c(Cl)c(C)c2Cl)cc1. The van der Waals surface area contributed by atoms with Crippen molar-refractivity contribution in [3.63, 3.8) is 0 Å². The molecule has 0 unspecified atom stereocenters. The van der Waals surface area contributed by atoms with E-state index in [4.69, 9.17) is 39.5 Å². The highest BCUT2D eigenvalue weighted by Gasteiger charge is 2.18. The first-order valence-corrected chi connectivity index (χ1v) is 9.63. The highest BCUT2D eigenvalue weighted by atomic mass is 35.5. The fourth-order valence-corrected chi connectivity index (χ4v) is 3.33. The predicted molar refractivity (Wildman–Crippen MR) is 110 cm³/mol. The quantitative estimate of drug-likeness (QED) is 0.552. The van der Waals surface area contributed by atoms with Gasteiger partial charge >= 0.3 is 0 Å². The van der Waals surface area contributed by atoms with Crippen molar-refractivity contribution in [2.45, 2.75) is 40.0 Å². The minimum Gasteiger partial charge on any atom is -0.481 e. The van der Waals surface area contributed by atoms with Crippen LogP contribution >= 0.6 is 34.8 Å². The number of carbonyl (C=O) groups is 1. The lowest BCUT2D eigenvalue weighted by atomic mass is 10.1. The van der Waals surface area contributed by atoms with Crippen molar-refractivity contribution >= 4 is 46.4 Å². The molecule has 140 valence electrons. The lowest BCUT2D eigenvalue weighted by Gasteiger charge is -2.15. The molecule has 2 rings (SSSR count). The van der Waals surface area contributed by atoms with Gasteiger partial charge in [0.2, 0.25) is 0 Å². The Balaban J connectivity index is 1.99. The number of hydrogen-bond acceptors (Lipinski definition) is 2. The van der Waals surface area contributed by atoms with Gasteiger partial charge in [0.05, 0.1) is 10.0 Å². The molecule has 1 N–H and O–H groups in total. The van der Waals surface area contributed by atoms with Crippen LogP contribution in [-0.4, -0.2) is 12.5 Å². The number of amides is 1. The monoisotopic (exact) mass is 413 g/mol. The van der Waals surface area contributed by atoms with Crippen LogP contribution in [0.5, 0.6) is 5.75 Å². The summed E-state index contributed by atoms with van der Waals surface area (Å²) in [5.74, 6) is -0.0125. The lowest BCUT2D eigenvalue weighted by molar-refractivity contribution is -0.118. The Morgan fingerprint density at radius 1 is 1.00 bits per heavy atom. The molecular weight excluding hydrogens is 393 g/mol. The van der Waals surface area contributed by atoms with E-state index in [-0.39, 0.29) is 18.3 Å². The number of hydrogen-bond donors (Lipinski definition) is 1. The summed E-state index contributed by atoms with van der Waals surface area (Å²) in [4.78, 5) is 12.2. The Kier molecular flexibility index (Phi) is 7.63. The Labute approximate surface area is 169 Å². The fraction of sp³-hybridized carbons (Fsp3) is 0.350. The third-order valence-electron chi connectivity index (χ3n) is 4.12. The molecule has 0 saturated carbocycles. The number of ether oxygens (including phenoxy) is 1. The van der Waals surface area contributed by atoms with Gasteiger partial charge in [0, 0.05) is 10.7 Å². The number of anilines is 1. The summed E-state index contributed by atoms with van der Waals surface area (Å²) < 4.78 is 5.56. The van der Waals surface area contributed by atoms with E-state index in [1.807, 2.05) is 24.3 Å². The van der Waals surface area contributed by atoms with E-state index in [0.717, 1.165) is 24.9 Å². The van der Waals surface area contributed by atoms with Crippen molar-refractivity contribution in [1.82, 2.24) is 0 Å². The molecule has 3 nitrogen and oxygen atoms in total. The molecule has 0 aliphatic rings. The van der Waals surface area contributed by atoms with E-state index in [0.29, 0.717) is 26.2 Å². The van der Waals surface area contributed by atoms with Crippen molar-refractivity contribution in [3.05, 3.63) is 56.0 Å². The summed E-state index contributed by atoms with van der Waals surface area (Å²) in [5, 5.41) is 3.94. The first-order chi connectivity index (χ1) is 12.3. The topological polar surface area (TPSA) is 38.3 Å². The normalized spacial score (nSPS) is 10.7. The largest absolute Gasteiger partial charge is 0.481 e. The molecule has 2 aromatic rings. The number of halogens is 3. The second-order valence-electron chi connectivity index (χ2n) is 6.16. The standard InChI is InChI=1S/C20H22Cl3NO2/c1-4-5-6-14-7-9-15(10-8-14)24-16(25)11-26-20-18(22)12(2)17(21)13(3)19(20)23/h7-10H,4-6,11H2,1-3H3,(H,24,25). The molecule has 0 spiro atoms. The molecular formula is C20H22Cl3NO2. The molecule has 1 amide bonds. The molecule has 2 aromatic carbocycles. The number of aryl methyl sites for hydroxylation is 1. The zero-order valence-electron chi connectivity index (χ0n) is 15.1. The number of nitrogens with one attached hydrogen (secondary N) is 1. The van der Waals surface area contributed by atoms with Crippen molar-refractivity contribution in [3.8, 4) is 5.75 Å². The first kappa shape index (κ1) is 20.9. The minimum atomic E-state index is -0.288. The van der Waals surface area contributed by atoms with Gasteiger partial charge in [-0.3, -0.25) is 4.79 Å². The van der Waals surface area contributed by atoms with Gasteiger partial charge in [0.15, 0.2) is 12.4 Å². The third kappa shape index (κ3) is 5.06. The average Bonchev–Trinajstić information content (AvgIpc) is 2.64. The van der Waals surface area contributed by atoms with Crippen LogP contribution in [-0.2, 0) is 11.2 Å². The molecule has 0 radical (unpaired) electrons. The fourth-order valence-electron chi connectivity index (χ4n) is 2.51. The van der Waals surface area contributed by atoms with Gasteiger partial charge in [-0.15, -0.1) is 0 Å². The van der Waals surface area contributed by atoms with Gasteiger partial charge in [0.1, 0.15) is 0 Å². The molecule has 0 saturated heterocycles. The number of rotatable bonds is 7. The van der Waals surface area contributed by atoms with E-state index < -0.39 is 0 Å². The van der Waals surface area contributed by atoms with Gasteiger partial charge in [-0.1, -0.05) is 60.3 Å². The van der Waals surface area contributed by atoms with Gasteiger partial charge in [0.25, 0.3) is 5.91 Å². The minimum absolute atomic E-state index is 0.197. The van der Waals surface area contributed by atoms with E-state index in [9.17, 15) is 4.79 Å². The van der Waals surface area contributed by atoms with Crippen LogP contribution in [0.2, 0.25) is 15.1 Å². The Morgan fingerprint density at radius 2 is 1.58 bits per heavy atom. The van der Waals surface area contributed by atoms with E-state index in [1.54, 1.807) is 13.8 Å². The molecule has 0 bridgehead atoms. The highest BCUT2D eigenvalue weighted by molar-refractivity contribution is 6.42. The Morgan fingerprint density at radius 3 is 2.12 bits per heavy atom. The zero-order chi connectivity index (χ0) is 19.3. The van der Waals surface area contributed by atoms with Crippen molar-refractivity contribution in [1.29, 1.82) is 0 Å². The molecule has 26 heavy (non-hydrogen) atoms. The van der Waals surface area contributed by atoms with E-state index in [1.165, 1.54) is 5.56 Å². The maximum Gasteiger partial charge on any atom is 0.262 e. The van der Waals surface area contributed by atoms with E-state index >= 15 is 0 Å². The Hall–Kier alpha value is -1.42. The van der Waals surface area contributed by atoms with Crippen LogP contribution in [0.1, 0.15) is 36.5 Å². The second-order valence-corrected chi connectivity index (χ2v) is 7.29. The number of benzene rings is 2. The Bertz CT molecular complexity index is 760. The summed E-state index contributed by atoms with van der Waals surface area (Å²) in [5.41, 5.74) is 3.33. The molecule has 0 heterocycles. The number of carbonyl (C=O) groups excluding carboxylic acids is 1. The molecule has 0 aromatic heterocycles. The van der Waals surface area contributed by atoms with E-state index in [2.05, 4.69) is 12.2 Å². The van der Waals surface area contributed by atoms with Gasteiger partial charge in [-0.05, 0) is 55.5 Å². The maximum absolute atomic E-state index is 12.2. The van der Waals surface area contributed by atoms with Crippen LogP contribution in [0.4, 0.5) is 5.69 Å². The highest BCUT2D eigenvalue weighted by Crippen LogP contribution is 2.42. The number of unbranched alkanes of at least 4 members (excludes halogenated alkanes) is 1. The summed E-state index contributed by atoms with van der Waals surface area (Å²) >= 11 is 18.7.